The molecule has 34 heavy (non-hydrogen) atoms. The van der Waals surface area contributed by atoms with Crippen molar-refractivity contribution in [3.05, 3.63) is 65.2 Å². The molecule has 0 heterocycles. The smallest absolute Gasteiger partial charge is 0.391 e. The third-order valence-corrected chi connectivity index (χ3v) is 5.75. The first-order chi connectivity index (χ1) is 16.1. The summed E-state index contributed by atoms with van der Waals surface area (Å²) in [6.45, 7) is 0.145. The van der Waals surface area contributed by atoms with Gasteiger partial charge in [-0.05, 0) is 73.2 Å². The van der Waals surface area contributed by atoms with Crippen molar-refractivity contribution >= 4 is 29.4 Å². The van der Waals surface area contributed by atoms with E-state index < -0.39 is 30.1 Å². The first kappa shape index (κ1) is 25.1. The molecule has 0 saturated heterocycles. The van der Waals surface area contributed by atoms with Crippen LogP contribution in [0, 0.1) is 5.92 Å². The van der Waals surface area contributed by atoms with Gasteiger partial charge in [0, 0.05) is 23.9 Å². The molecule has 0 radical (unpaired) electrons. The second-order valence-corrected chi connectivity index (χ2v) is 8.25. The highest BCUT2D eigenvalue weighted by Crippen LogP contribution is 2.38. The molecule has 1 fully saturated rings. The van der Waals surface area contributed by atoms with Gasteiger partial charge < -0.3 is 20.9 Å². The normalized spacial score (nSPS) is 18.6. The number of carbonyl (C=O) groups is 2. The van der Waals surface area contributed by atoms with Gasteiger partial charge in [-0.2, -0.15) is 13.2 Å². The van der Waals surface area contributed by atoms with Gasteiger partial charge in [0.05, 0.1) is 18.1 Å². The van der Waals surface area contributed by atoms with Gasteiger partial charge >= 0.3 is 18.1 Å². The Hall–Kier alpha value is -3.49. The van der Waals surface area contributed by atoms with Crippen molar-refractivity contribution in [3.63, 3.8) is 0 Å². The molecule has 9 heteroatoms. The fourth-order valence-corrected chi connectivity index (χ4v) is 3.77. The summed E-state index contributed by atoms with van der Waals surface area (Å²) in [5.74, 6) is -2.43. The molecule has 4 N–H and O–H groups in total. The van der Waals surface area contributed by atoms with Gasteiger partial charge in [-0.1, -0.05) is 12.1 Å². The minimum absolute atomic E-state index is 0.0337. The Labute approximate surface area is 195 Å². The largest absolute Gasteiger partial charge is 0.462 e. The zero-order valence-electron chi connectivity index (χ0n) is 18.5. The van der Waals surface area contributed by atoms with Crippen LogP contribution in [0.4, 0.5) is 24.5 Å². The number of carbonyl (C=O) groups excluding carboxylic acids is 2. The van der Waals surface area contributed by atoms with Gasteiger partial charge in [-0.15, -0.1) is 0 Å². The summed E-state index contributed by atoms with van der Waals surface area (Å²) in [5, 5.41) is 0. The first-order valence-electron chi connectivity index (χ1n) is 11.0. The Kier molecular flexibility index (Phi) is 8.20. The molecule has 0 aliphatic heterocycles. The van der Waals surface area contributed by atoms with E-state index >= 15 is 0 Å². The van der Waals surface area contributed by atoms with Crippen LogP contribution in [0.15, 0.2) is 48.5 Å². The molecule has 0 spiro atoms. The number of benzene rings is 2. The van der Waals surface area contributed by atoms with Crippen LogP contribution in [0.2, 0.25) is 0 Å². The number of halogens is 3. The maximum atomic E-state index is 12.8. The van der Waals surface area contributed by atoms with Crippen LogP contribution in [-0.4, -0.2) is 30.8 Å². The van der Waals surface area contributed by atoms with Gasteiger partial charge in [0.15, 0.2) is 0 Å². The molecule has 0 bridgehead atoms. The van der Waals surface area contributed by atoms with E-state index in [0.717, 1.165) is 5.56 Å². The summed E-state index contributed by atoms with van der Waals surface area (Å²) >= 11 is 0. The standard InChI is InChI=1S/C25H27F3N2O4/c26-25(27,28)19-6-9-21(10-7-19)34-24(32)17-4-1-16(2-5-17)3-12-23(31)33-14-13-18-15-20(29)8-11-22(18)30/h1-5,8,11-12,15,19,21H,6-7,9-10,13-14,29-30H2. The van der Waals surface area contributed by atoms with Gasteiger partial charge in [-0.3, -0.25) is 0 Å². The Balaban J connectivity index is 1.43. The first-order valence-corrected chi connectivity index (χ1v) is 11.0. The van der Waals surface area contributed by atoms with Crippen molar-refractivity contribution in [1.29, 1.82) is 0 Å². The monoisotopic (exact) mass is 476 g/mol. The quantitative estimate of drug-likeness (QED) is 0.334. The zero-order chi connectivity index (χ0) is 24.7. The van der Waals surface area contributed by atoms with E-state index in [9.17, 15) is 22.8 Å². The number of ether oxygens (including phenoxy) is 2. The maximum Gasteiger partial charge on any atom is 0.391 e. The van der Waals surface area contributed by atoms with Crippen molar-refractivity contribution < 1.29 is 32.2 Å². The molecule has 6 nitrogen and oxygen atoms in total. The third-order valence-electron chi connectivity index (χ3n) is 5.75. The summed E-state index contributed by atoms with van der Waals surface area (Å²) < 4.78 is 48.8. The molecule has 0 unspecified atom stereocenters. The van der Waals surface area contributed by atoms with Crippen LogP contribution in [-0.2, 0) is 20.7 Å². The van der Waals surface area contributed by atoms with E-state index in [-0.39, 0.29) is 37.9 Å². The van der Waals surface area contributed by atoms with Gasteiger partial charge in [0.2, 0.25) is 0 Å². The lowest BCUT2D eigenvalue weighted by Crippen LogP contribution is -2.31. The fraction of sp³-hybridized carbons (Fsp3) is 0.360. The van der Waals surface area contributed by atoms with Crippen molar-refractivity contribution in [3.8, 4) is 0 Å². The second-order valence-electron chi connectivity index (χ2n) is 8.25. The molecule has 0 atom stereocenters. The number of nitrogens with two attached hydrogens (primary N) is 2. The van der Waals surface area contributed by atoms with Gasteiger partial charge in [0.1, 0.15) is 6.10 Å². The third kappa shape index (κ3) is 7.26. The Morgan fingerprint density at radius 3 is 2.32 bits per heavy atom. The summed E-state index contributed by atoms with van der Waals surface area (Å²) in [5.41, 5.74) is 14.5. The predicted octanol–water partition coefficient (Wildman–Crippen LogP) is 4.93. The van der Waals surface area contributed by atoms with E-state index in [1.54, 1.807) is 36.4 Å². The molecule has 1 saturated carbocycles. The maximum absolute atomic E-state index is 12.8. The molecule has 0 amide bonds. The van der Waals surface area contributed by atoms with Crippen LogP contribution in [0.1, 0.15) is 47.2 Å². The molecule has 2 aromatic rings. The highest BCUT2D eigenvalue weighted by molar-refractivity contribution is 5.90. The predicted molar refractivity (Wildman–Crippen MR) is 123 cm³/mol. The number of nitrogen functional groups attached to an aromatic ring is 2. The fourth-order valence-electron chi connectivity index (χ4n) is 3.77. The van der Waals surface area contributed by atoms with E-state index in [4.69, 9.17) is 20.9 Å². The molecule has 2 aromatic carbocycles. The van der Waals surface area contributed by atoms with Crippen LogP contribution in [0.3, 0.4) is 0 Å². The second kappa shape index (κ2) is 11.1. The van der Waals surface area contributed by atoms with Crippen LogP contribution in [0.5, 0.6) is 0 Å². The number of hydrogen-bond donors (Lipinski definition) is 2. The van der Waals surface area contributed by atoms with Crippen molar-refractivity contribution in [2.45, 2.75) is 44.4 Å². The van der Waals surface area contributed by atoms with Crippen LogP contribution in [0.25, 0.3) is 6.08 Å². The van der Waals surface area contributed by atoms with Crippen LogP contribution < -0.4 is 11.5 Å². The number of rotatable bonds is 7. The van der Waals surface area contributed by atoms with E-state index in [1.807, 2.05) is 0 Å². The lowest BCUT2D eigenvalue weighted by molar-refractivity contribution is -0.185. The molecule has 182 valence electrons. The number of alkyl halides is 3. The SMILES string of the molecule is Nc1ccc(N)c(CCOC(=O)C=Cc2ccc(C(=O)OC3CCC(C(F)(F)F)CC3)cc2)c1. The number of anilines is 2. The van der Waals surface area contributed by atoms with Crippen molar-refractivity contribution in [2.75, 3.05) is 18.1 Å². The summed E-state index contributed by atoms with van der Waals surface area (Å²) in [4.78, 5) is 24.2. The van der Waals surface area contributed by atoms with Gasteiger partial charge in [0.25, 0.3) is 0 Å². The highest BCUT2D eigenvalue weighted by Gasteiger charge is 2.42. The molecule has 0 aromatic heterocycles. The average molecular weight is 476 g/mol. The molecular weight excluding hydrogens is 449 g/mol. The van der Waals surface area contributed by atoms with E-state index in [2.05, 4.69) is 0 Å². The Morgan fingerprint density at radius 1 is 1.00 bits per heavy atom. The Morgan fingerprint density at radius 2 is 1.68 bits per heavy atom. The lowest BCUT2D eigenvalue weighted by Gasteiger charge is -2.29. The Bertz CT molecular complexity index is 1030. The summed E-state index contributed by atoms with van der Waals surface area (Å²) in [6, 6.07) is 11.5. The number of esters is 2. The number of hydrogen-bond acceptors (Lipinski definition) is 6. The van der Waals surface area contributed by atoms with Crippen LogP contribution >= 0.6 is 0 Å². The van der Waals surface area contributed by atoms with Crippen molar-refractivity contribution in [1.82, 2.24) is 0 Å². The minimum Gasteiger partial charge on any atom is -0.462 e. The molecule has 3 rings (SSSR count). The lowest BCUT2D eigenvalue weighted by atomic mass is 9.87. The molecule has 1 aliphatic carbocycles. The zero-order valence-corrected chi connectivity index (χ0v) is 18.5. The summed E-state index contributed by atoms with van der Waals surface area (Å²) in [7, 11) is 0. The average Bonchev–Trinajstić information content (AvgIpc) is 2.80. The van der Waals surface area contributed by atoms with E-state index in [0.29, 0.717) is 23.4 Å². The van der Waals surface area contributed by atoms with Crippen molar-refractivity contribution in [2.24, 2.45) is 5.92 Å². The molecular formula is C25H27F3N2O4. The minimum atomic E-state index is -4.20. The highest BCUT2D eigenvalue weighted by atomic mass is 19.4. The summed E-state index contributed by atoms with van der Waals surface area (Å²) in [6.07, 6.45) is -1.13. The molecule has 1 aliphatic rings. The van der Waals surface area contributed by atoms with E-state index in [1.165, 1.54) is 18.2 Å². The topological polar surface area (TPSA) is 105 Å². The van der Waals surface area contributed by atoms with Gasteiger partial charge in [-0.25, -0.2) is 9.59 Å².